The number of allylic oxidation sites excluding steroid dienone is 2. The lowest BCUT2D eigenvalue weighted by atomic mass is 9.92. The molecule has 0 bridgehead atoms. The van der Waals surface area contributed by atoms with E-state index in [1.54, 1.807) is 13.0 Å². The Bertz CT molecular complexity index is 922. The highest BCUT2D eigenvalue weighted by Crippen LogP contribution is 2.45. The SMILES string of the molecule is COC1=CCC2C(=C1Cl)C(CC(=O)O)=C(C)N2C(=O)c1csc(SC(F)F)c1. The number of thioether (sulfide) groups is 1. The molecule has 0 saturated heterocycles. The van der Waals surface area contributed by atoms with Crippen LogP contribution in [0.25, 0.3) is 0 Å². The van der Waals surface area contributed by atoms with Crippen LogP contribution >= 0.6 is 34.7 Å². The van der Waals surface area contributed by atoms with Gasteiger partial charge in [-0.3, -0.25) is 9.59 Å². The van der Waals surface area contributed by atoms with Gasteiger partial charge in [0.25, 0.3) is 11.7 Å². The van der Waals surface area contributed by atoms with Crippen LogP contribution in [-0.4, -0.2) is 40.8 Å². The van der Waals surface area contributed by atoms with E-state index in [0.717, 1.165) is 11.3 Å². The molecule has 1 N–H and O–H groups in total. The number of carbonyl (C=O) groups is 2. The van der Waals surface area contributed by atoms with Crippen LogP contribution < -0.4 is 0 Å². The lowest BCUT2D eigenvalue weighted by molar-refractivity contribution is -0.136. The van der Waals surface area contributed by atoms with Crippen molar-refractivity contribution in [2.45, 2.75) is 35.8 Å². The maximum Gasteiger partial charge on any atom is 0.307 e. The van der Waals surface area contributed by atoms with Crippen molar-refractivity contribution in [3.63, 3.8) is 0 Å². The number of amides is 1. The number of nitrogens with zero attached hydrogens (tertiary/aromatic N) is 1. The lowest BCUT2D eigenvalue weighted by Crippen LogP contribution is -2.36. The fourth-order valence-electron chi connectivity index (χ4n) is 3.41. The number of fused-ring (bicyclic) bond motifs is 1. The van der Waals surface area contributed by atoms with Crippen LogP contribution in [0.2, 0.25) is 0 Å². The Hall–Kier alpha value is -1.84. The number of aliphatic carboxylic acids is 1. The Morgan fingerprint density at radius 3 is 2.82 bits per heavy atom. The molecule has 3 rings (SSSR count). The van der Waals surface area contributed by atoms with Crippen molar-refractivity contribution in [2.24, 2.45) is 0 Å². The number of carboxylic acids is 1. The summed E-state index contributed by atoms with van der Waals surface area (Å²) in [5.74, 6) is -3.55. The smallest absolute Gasteiger partial charge is 0.307 e. The van der Waals surface area contributed by atoms with Crippen molar-refractivity contribution in [3.8, 4) is 0 Å². The third-order valence-electron chi connectivity index (χ3n) is 4.54. The fourth-order valence-corrected chi connectivity index (χ4v) is 5.36. The second kappa shape index (κ2) is 8.26. The molecule has 0 aromatic carbocycles. The highest BCUT2D eigenvalue weighted by molar-refractivity contribution is 8.01. The summed E-state index contributed by atoms with van der Waals surface area (Å²) in [5.41, 5.74) is 1.80. The molecule has 0 spiro atoms. The number of carboxylic acid groups (broad SMARTS) is 1. The topological polar surface area (TPSA) is 66.8 Å². The molecule has 0 fully saturated rings. The zero-order valence-electron chi connectivity index (χ0n) is 14.9. The Labute approximate surface area is 173 Å². The van der Waals surface area contributed by atoms with E-state index in [1.807, 2.05) is 0 Å². The van der Waals surface area contributed by atoms with Gasteiger partial charge in [0.15, 0.2) is 0 Å². The van der Waals surface area contributed by atoms with Gasteiger partial charge in [-0.15, -0.1) is 11.3 Å². The minimum Gasteiger partial charge on any atom is -0.496 e. The number of methoxy groups -OCH3 is 1. The van der Waals surface area contributed by atoms with Crippen LogP contribution in [0, 0.1) is 0 Å². The van der Waals surface area contributed by atoms with E-state index in [2.05, 4.69) is 0 Å². The van der Waals surface area contributed by atoms with Crippen LogP contribution in [0.3, 0.4) is 0 Å². The third-order valence-corrected chi connectivity index (χ3v) is 6.76. The molecule has 1 aliphatic carbocycles. The molecule has 0 radical (unpaired) electrons. The van der Waals surface area contributed by atoms with E-state index in [-0.39, 0.29) is 22.9 Å². The van der Waals surface area contributed by atoms with Gasteiger partial charge < -0.3 is 14.7 Å². The second-order valence-electron chi connectivity index (χ2n) is 6.09. The third kappa shape index (κ3) is 3.83. The highest BCUT2D eigenvalue weighted by atomic mass is 35.5. The molecule has 1 aromatic heterocycles. The van der Waals surface area contributed by atoms with Gasteiger partial charge in [-0.1, -0.05) is 11.6 Å². The van der Waals surface area contributed by atoms with Crippen molar-refractivity contribution in [1.82, 2.24) is 4.90 Å². The molecule has 2 aliphatic rings. The first-order valence-electron chi connectivity index (χ1n) is 8.17. The number of hydrogen-bond donors (Lipinski definition) is 1. The first-order chi connectivity index (χ1) is 13.2. The van der Waals surface area contributed by atoms with Crippen LogP contribution in [0.5, 0.6) is 0 Å². The molecule has 2 heterocycles. The van der Waals surface area contributed by atoms with Crippen LogP contribution in [0.1, 0.15) is 30.1 Å². The van der Waals surface area contributed by atoms with E-state index < -0.39 is 17.8 Å². The van der Waals surface area contributed by atoms with Gasteiger partial charge in [0.1, 0.15) is 5.76 Å². The van der Waals surface area contributed by atoms with Crippen molar-refractivity contribution >= 4 is 46.6 Å². The molecule has 5 nitrogen and oxygen atoms in total. The number of rotatable bonds is 6. The number of ether oxygens (including phenoxy) is 1. The van der Waals surface area contributed by atoms with E-state index in [0.29, 0.717) is 45.0 Å². The second-order valence-corrected chi connectivity index (χ2v) is 8.67. The van der Waals surface area contributed by atoms with E-state index >= 15 is 0 Å². The summed E-state index contributed by atoms with van der Waals surface area (Å²) in [4.78, 5) is 26.0. The summed E-state index contributed by atoms with van der Waals surface area (Å²) in [7, 11) is 1.47. The van der Waals surface area contributed by atoms with Crippen molar-refractivity contribution in [3.05, 3.63) is 50.7 Å². The number of carbonyl (C=O) groups excluding carboxylic acids is 1. The summed E-state index contributed by atoms with van der Waals surface area (Å²) in [6.07, 6.45) is 1.87. The molecule has 1 atom stereocenters. The highest BCUT2D eigenvalue weighted by Gasteiger charge is 2.42. The van der Waals surface area contributed by atoms with Gasteiger partial charge in [-0.25, -0.2) is 0 Å². The summed E-state index contributed by atoms with van der Waals surface area (Å²) in [6.45, 7) is 1.67. The Balaban J connectivity index is 2.00. The average molecular weight is 448 g/mol. The van der Waals surface area contributed by atoms with Gasteiger partial charge >= 0.3 is 5.97 Å². The normalized spacial score (nSPS) is 19.3. The molecule has 28 heavy (non-hydrogen) atoms. The quantitative estimate of drug-likeness (QED) is 0.617. The van der Waals surface area contributed by atoms with Crippen LogP contribution in [0.15, 0.2) is 49.4 Å². The first kappa shape index (κ1) is 20.9. The van der Waals surface area contributed by atoms with Crippen LogP contribution in [0.4, 0.5) is 8.78 Å². The maximum absolute atomic E-state index is 13.1. The molecule has 150 valence electrons. The Morgan fingerprint density at radius 1 is 1.50 bits per heavy atom. The van der Waals surface area contributed by atoms with E-state index in [4.69, 9.17) is 16.3 Å². The number of hydrogen-bond acceptors (Lipinski definition) is 5. The van der Waals surface area contributed by atoms with Crippen molar-refractivity contribution in [2.75, 3.05) is 7.11 Å². The lowest BCUT2D eigenvalue weighted by Gasteiger charge is -2.29. The van der Waals surface area contributed by atoms with Crippen LogP contribution in [-0.2, 0) is 9.53 Å². The molecular formula is C18H16ClF2NO4S2. The number of halogens is 3. The minimum atomic E-state index is -2.57. The first-order valence-corrected chi connectivity index (χ1v) is 10.3. The predicted molar refractivity (Wildman–Crippen MR) is 104 cm³/mol. The van der Waals surface area contributed by atoms with Gasteiger partial charge in [0.2, 0.25) is 0 Å². The Morgan fingerprint density at radius 2 is 2.21 bits per heavy atom. The fraction of sp³-hybridized carbons (Fsp3) is 0.333. The molecule has 0 saturated carbocycles. The van der Waals surface area contributed by atoms with Gasteiger partial charge in [-0.2, -0.15) is 8.78 Å². The zero-order valence-corrected chi connectivity index (χ0v) is 17.3. The Kier molecular flexibility index (Phi) is 6.16. The molecule has 1 amide bonds. The van der Waals surface area contributed by atoms with Gasteiger partial charge in [-0.05, 0) is 42.8 Å². The van der Waals surface area contributed by atoms with Crippen molar-refractivity contribution < 1.29 is 28.2 Å². The zero-order chi connectivity index (χ0) is 20.6. The summed E-state index contributed by atoms with van der Waals surface area (Å²) < 4.78 is 30.7. The molecule has 1 aromatic rings. The summed E-state index contributed by atoms with van der Waals surface area (Å²) in [5, 5.41) is 11.1. The van der Waals surface area contributed by atoms with E-state index in [9.17, 15) is 23.5 Å². The van der Waals surface area contributed by atoms with Crippen molar-refractivity contribution in [1.29, 1.82) is 0 Å². The average Bonchev–Trinajstić information content (AvgIpc) is 3.18. The summed E-state index contributed by atoms with van der Waals surface area (Å²) in [6, 6.07) is 0.968. The minimum absolute atomic E-state index is 0.279. The molecule has 10 heteroatoms. The molecule has 1 aliphatic heterocycles. The number of thiophene rings is 1. The largest absolute Gasteiger partial charge is 0.496 e. The summed E-state index contributed by atoms with van der Waals surface area (Å²) >= 11 is 7.89. The predicted octanol–water partition coefficient (Wildman–Crippen LogP) is 5.06. The number of alkyl halides is 2. The van der Waals surface area contributed by atoms with E-state index in [1.165, 1.54) is 23.5 Å². The van der Waals surface area contributed by atoms with Gasteiger partial charge in [0.05, 0.1) is 34.4 Å². The monoisotopic (exact) mass is 447 g/mol. The standard InChI is InChI=1S/C18H16ClF2NO4S2/c1-8-10(6-13(23)24)15-11(3-4-12(26-2)16(15)19)22(8)17(25)9-5-14(27-7-9)28-18(20)21/h4-5,7,11,18H,3,6H2,1-2H3,(H,23,24). The maximum atomic E-state index is 13.1. The molecule has 1 unspecified atom stereocenters. The molecular weight excluding hydrogens is 432 g/mol. The van der Waals surface area contributed by atoms with Gasteiger partial charge in [0, 0.05) is 16.7 Å².